The van der Waals surface area contributed by atoms with Gasteiger partial charge in [0.2, 0.25) is 5.13 Å². The molecule has 0 radical (unpaired) electrons. The molecular weight excluding hydrogens is 436 g/mol. The highest BCUT2D eigenvalue weighted by molar-refractivity contribution is 7.10. The molecular formula is C20H15ClN8OS. The lowest BCUT2D eigenvalue weighted by atomic mass is 10.2. The summed E-state index contributed by atoms with van der Waals surface area (Å²) >= 11 is 7.69. The number of aromatic nitrogens is 6. The molecule has 3 heterocycles. The Morgan fingerprint density at radius 1 is 1.23 bits per heavy atom. The van der Waals surface area contributed by atoms with E-state index in [-0.39, 0.29) is 5.91 Å². The van der Waals surface area contributed by atoms with Gasteiger partial charge in [0.25, 0.3) is 5.91 Å². The molecule has 2 aromatic carbocycles. The van der Waals surface area contributed by atoms with E-state index in [0.717, 1.165) is 22.2 Å². The van der Waals surface area contributed by atoms with Gasteiger partial charge < -0.3 is 10.6 Å². The highest BCUT2D eigenvalue weighted by Gasteiger charge is 2.13. The number of aryl methyl sites for hydroxylation is 1. The minimum absolute atomic E-state index is 0.282. The van der Waals surface area contributed by atoms with Crippen molar-refractivity contribution in [2.24, 2.45) is 7.05 Å². The third-order valence-electron chi connectivity index (χ3n) is 4.55. The zero-order valence-corrected chi connectivity index (χ0v) is 17.7. The zero-order valence-electron chi connectivity index (χ0n) is 16.1. The number of amides is 1. The second-order valence-electron chi connectivity index (χ2n) is 6.72. The first-order valence-corrected chi connectivity index (χ1v) is 10.4. The molecule has 0 atom stereocenters. The van der Waals surface area contributed by atoms with Gasteiger partial charge in [0, 0.05) is 41.4 Å². The van der Waals surface area contributed by atoms with Gasteiger partial charge in [-0.2, -0.15) is 19.6 Å². The fourth-order valence-corrected chi connectivity index (χ4v) is 3.92. The first-order valence-electron chi connectivity index (χ1n) is 9.20. The van der Waals surface area contributed by atoms with Crippen molar-refractivity contribution in [3.63, 3.8) is 0 Å². The van der Waals surface area contributed by atoms with Crippen LogP contribution in [0.2, 0.25) is 5.02 Å². The standard InChI is InChI=1S/C20H15ClN8OS/c1-29-8-7-16(27-29)19(30)23-12-4-2-3-11(9-12)18-25-20(31-28-18)24-15-6-5-14-13(17(15)21)10-22-26-14/h2-10H,1H3,(H,22,26)(H,23,30)(H,24,25,28). The molecule has 31 heavy (non-hydrogen) atoms. The van der Waals surface area contributed by atoms with Gasteiger partial charge in [-0.25, -0.2) is 0 Å². The van der Waals surface area contributed by atoms with E-state index in [9.17, 15) is 4.79 Å². The molecule has 0 aliphatic heterocycles. The number of anilines is 3. The van der Waals surface area contributed by atoms with E-state index in [0.29, 0.717) is 27.4 Å². The van der Waals surface area contributed by atoms with Crippen LogP contribution in [0.25, 0.3) is 22.3 Å². The van der Waals surface area contributed by atoms with Crippen LogP contribution in [-0.4, -0.2) is 35.2 Å². The Hall–Kier alpha value is -3.76. The monoisotopic (exact) mass is 450 g/mol. The topological polar surface area (TPSA) is 113 Å². The van der Waals surface area contributed by atoms with E-state index in [4.69, 9.17) is 11.6 Å². The summed E-state index contributed by atoms with van der Waals surface area (Å²) in [4.78, 5) is 16.9. The number of halogens is 1. The maximum atomic E-state index is 12.3. The molecule has 0 aliphatic carbocycles. The summed E-state index contributed by atoms with van der Waals surface area (Å²) in [6, 6.07) is 12.7. The Morgan fingerprint density at radius 2 is 2.13 bits per heavy atom. The van der Waals surface area contributed by atoms with Crippen LogP contribution in [0.15, 0.2) is 54.9 Å². The van der Waals surface area contributed by atoms with Crippen LogP contribution in [0, 0.1) is 0 Å². The van der Waals surface area contributed by atoms with Gasteiger partial charge in [0.05, 0.1) is 22.4 Å². The average molecular weight is 451 g/mol. The van der Waals surface area contributed by atoms with Gasteiger partial charge in [0.1, 0.15) is 0 Å². The molecule has 11 heteroatoms. The average Bonchev–Trinajstić information content (AvgIpc) is 3.51. The van der Waals surface area contributed by atoms with Crippen molar-refractivity contribution >= 4 is 56.4 Å². The predicted molar refractivity (Wildman–Crippen MR) is 121 cm³/mol. The Labute approximate surface area is 185 Å². The molecule has 5 rings (SSSR count). The lowest BCUT2D eigenvalue weighted by Gasteiger charge is -2.05. The molecule has 0 fully saturated rings. The Morgan fingerprint density at radius 3 is 2.97 bits per heavy atom. The molecule has 0 aliphatic rings. The minimum atomic E-state index is -0.282. The van der Waals surface area contributed by atoms with E-state index in [1.165, 1.54) is 11.5 Å². The van der Waals surface area contributed by atoms with Crippen molar-refractivity contribution in [2.45, 2.75) is 0 Å². The predicted octanol–water partition coefficient (Wildman–Crippen LogP) is 4.46. The molecule has 9 nitrogen and oxygen atoms in total. The summed E-state index contributed by atoms with van der Waals surface area (Å²) in [5.74, 6) is 0.262. The quantitative estimate of drug-likeness (QED) is 0.364. The van der Waals surface area contributed by atoms with Crippen molar-refractivity contribution in [2.75, 3.05) is 10.6 Å². The van der Waals surface area contributed by atoms with E-state index in [1.807, 2.05) is 30.3 Å². The number of rotatable bonds is 5. The number of nitrogens with one attached hydrogen (secondary N) is 3. The maximum absolute atomic E-state index is 12.3. The molecule has 5 aromatic rings. The maximum Gasteiger partial charge on any atom is 0.276 e. The zero-order chi connectivity index (χ0) is 21.4. The van der Waals surface area contributed by atoms with Crippen LogP contribution >= 0.6 is 23.1 Å². The van der Waals surface area contributed by atoms with Crippen molar-refractivity contribution in [1.82, 2.24) is 29.3 Å². The molecule has 0 saturated heterocycles. The second-order valence-corrected chi connectivity index (χ2v) is 7.85. The number of nitrogens with zero attached hydrogens (tertiary/aromatic N) is 5. The number of H-pyrrole nitrogens is 1. The summed E-state index contributed by atoms with van der Waals surface area (Å²) in [5, 5.41) is 19.0. The molecule has 0 bridgehead atoms. The summed E-state index contributed by atoms with van der Waals surface area (Å²) in [5.41, 5.74) is 3.33. The normalized spacial score (nSPS) is 11.0. The summed E-state index contributed by atoms with van der Waals surface area (Å²) in [6.45, 7) is 0. The largest absolute Gasteiger partial charge is 0.329 e. The summed E-state index contributed by atoms with van der Waals surface area (Å²) in [7, 11) is 1.76. The van der Waals surface area contributed by atoms with Crippen molar-refractivity contribution in [3.8, 4) is 11.4 Å². The SMILES string of the molecule is Cn1ccc(C(=O)Nc2cccc(-c3nsc(Nc4ccc5[nH]ncc5c4Cl)n3)c2)n1. The fraction of sp³-hybridized carbons (Fsp3) is 0.0500. The summed E-state index contributed by atoms with van der Waals surface area (Å²) < 4.78 is 6.00. The molecule has 0 unspecified atom stereocenters. The lowest BCUT2D eigenvalue weighted by Crippen LogP contribution is -2.13. The van der Waals surface area contributed by atoms with Crippen LogP contribution in [-0.2, 0) is 7.05 Å². The van der Waals surface area contributed by atoms with Crippen molar-refractivity contribution in [3.05, 3.63) is 65.6 Å². The van der Waals surface area contributed by atoms with E-state index in [1.54, 1.807) is 36.3 Å². The molecule has 154 valence electrons. The van der Waals surface area contributed by atoms with Crippen LogP contribution < -0.4 is 10.6 Å². The van der Waals surface area contributed by atoms with Crippen molar-refractivity contribution < 1.29 is 4.79 Å². The molecule has 3 aromatic heterocycles. The number of carbonyl (C=O) groups is 1. The molecule has 1 amide bonds. The Bertz CT molecular complexity index is 1410. The van der Waals surface area contributed by atoms with Crippen LogP contribution in [0.1, 0.15) is 10.5 Å². The van der Waals surface area contributed by atoms with Crippen LogP contribution in [0.4, 0.5) is 16.5 Å². The van der Waals surface area contributed by atoms with Gasteiger partial charge in [-0.15, -0.1) is 0 Å². The minimum Gasteiger partial charge on any atom is -0.329 e. The van der Waals surface area contributed by atoms with Gasteiger partial charge in [-0.05, 0) is 30.3 Å². The van der Waals surface area contributed by atoms with Gasteiger partial charge in [-0.1, -0.05) is 23.7 Å². The number of fused-ring (bicyclic) bond motifs is 1. The summed E-state index contributed by atoms with van der Waals surface area (Å²) in [6.07, 6.45) is 3.40. The number of hydrogen-bond donors (Lipinski definition) is 3. The number of aromatic amines is 1. The highest BCUT2D eigenvalue weighted by atomic mass is 35.5. The highest BCUT2D eigenvalue weighted by Crippen LogP contribution is 2.33. The Balaban J connectivity index is 1.35. The molecule has 3 N–H and O–H groups in total. The molecule has 0 spiro atoms. The fourth-order valence-electron chi connectivity index (χ4n) is 3.05. The van der Waals surface area contributed by atoms with Crippen LogP contribution in [0.3, 0.4) is 0 Å². The third kappa shape index (κ3) is 3.86. The van der Waals surface area contributed by atoms with E-state index < -0.39 is 0 Å². The van der Waals surface area contributed by atoms with Gasteiger partial charge >= 0.3 is 0 Å². The van der Waals surface area contributed by atoms with Gasteiger partial charge in [0.15, 0.2) is 11.5 Å². The number of hydrogen-bond acceptors (Lipinski definition) is 7. The smallest absolute Gasteiger partial charge is 0.276 e. The number of carbonyl (C=O) groups excluding carboxylic acids is 1. The second kappa shape index (κ2) is 7.82. The first kappa shape index (κ1) is 19.2. The van der Waals surface area contributed by atoms with E-state index in [2.05, 4.69) is 35.3 Å². The van der Waals surface area contributed by atoms with Gasteiger partial charge in [-0.3, -0.25) is 14.6 Å². The van der Waals surface area contributed by atoms with Crippen LogP contribution in [0.5, 0.6) is 0 Å². The Kier molecular flexibility index (Phi) is 4.85. The van der Waals surface area contributed by atoms with E-state index >= 15 is 0 Å². The molecule has 0 saturated carbocycles. The number of benzene rings is 2. The third-order valence-corrected chi connectivity index (χ3v) is 5.59. The first-order chi connectivity index (χ1) is 15.1. The lowest BCUT2D eigenvalue weighted by molar-refractivity contribution is 0.102. The van der Waals surface area contributed by atoms with Crippen molar-refractivity contribution in [1.29, 1.82) is 0 Å².